The lowest BCUT2D eigenvalue weighted by Crippen LogP contribution is -2.12. The van der Waals surface area contributed by atoms with Crippen molar-refractivity contribution >= 4 is 17.1 Å². The molecule has 0 saturated carbocycles. The number of carbonyl (C=O) groups is 1. The van der Waals surface area contributed by atoms with Crippen LogP contribution in [0, 0.1) is 0 Å². The third-order valence-corrected chi connectivity index (χ3v) is 4.54. The number of hydrogen-bond donors (Lipinski definition) is 1. The number of carbonyl (C=O) groups excluding carboxylic acids is 1. The lowest BCUT2D eigenvalue weighted by molar-refractivity contribution is -0.115. The zero-order chi connectivity index (χ0) is 16.9. The fraction of sp³-hybridized carbons (Fsp3) is 0.286. The zero-order valence-corrected chi connectivity index (χ0v) is 13.9. The van der Waals surface area contributed by atoms with Crippen LogP contribution in [0.1, 0.15) is 50.2 Å². The van der Waals surface area contributed by atoms with Gasteiger partial charge in [-0.25, -0.2) is 0 Å². The summed E-state index contributed by atoms with van der Waals surface area (Å²) in [6.45, 7) is 2.11. The van der Waals surface area contributed by atoms with Gasteiger partial charge in [-0.15, -0.1) is 0 Å². The summed E-state index contributed by atoms with van der Waals surface area (Å²) in [5, 5.41) is 10.8. The van der Waals surface area contributed by atoms with Gasteiger partial charge in [0.1, 0.15) is 12.0 Å². The van der Waals surface area contributed by atoms with Crippen molar-refractivity contribution in [1.29, 1.82) is 0 Å². The molecule has 0 spiro atoms. The molecule has 0 radical (unpaired) electrons. The van der Waals surface area contributed by atoms with Gasteiger partial charge in [-0.05, 0) is 42.9 Å². The van der Waals surface area contributed by atoms with Gasteiger partial charge >= 0.3 is 0 Å². The van der Waals surface area contributed by atoms with E-state index in [1.54, 1.807) is 6.07 Å². The van der Waals surface area contributed by atoms with Crippen LogP contribution in [0.4, 0.5) is 0 Å². The number of hydrogen-bond acceptors (Lipinski definition) is 3. The average Bonchev–Trinajstić information content (AvgIpc) is 3.13. The number of benzene rings is 1. The highest BCUT2D eigenvalue weighted by Crippen LogP contribution is 2.37. The highest BCUT2D eigenvalue weighted by Gasteiger charge is 2.26. The standard InChI is InChI=1S/C21H22O3/c1-2-15-8-6-7-11-18(22)20(21(23)17-12-13-24-14-17)19(15)16-9-4-3-5-10-16/h3-5,9-10,12-14,23H,2,6-8,11H2,1H3. The monoisotopic (exact) mass is 322 g/mol. The number of furan rings is 1. The van der Waals surface area contributed by atoms with E-state index in [0.717, 1.165) is 36.8 Å². The second-order valence-corrected chi connectivity index (χ2v) is 6.06. The molecule has 24 heavy (non-hydrogen) atoms. The Hall–Kier alpha value is -2.55. The van der Waals surface area contributed by atoms with Gasteiger partial charge in [0.25, 0.3) is 0 Å². The first-order valence-corrected chi connectivity index (χ1v) is 8.49. The molecule has 3 nitrogen and oxygen atoms in total. The topological polar surface area (TPSA) is 50.4 Å². The Labute approximate surface area is 142 Å². The SMILES string of the molecule is CCC1=C(c2ccccc2)C(=C(O)c2ccoc2)C(=O)CCCC1. The predicted octanol–water partition coefficient (Wildman–Crippen LogP) is 5.56. The Bertz CT molecular complexity index is 765. The summed E-state index contributed by atoms with van der Waals surface area (Å²) in [5.74, 6) is 0.0126. The van der Waals surface area contributed by atoms with E-state index in [2.05, 4.69) is 6.92 Å². The maximum absolute atomic E-state index is 12.9. The van der Waals surface area contributed by atoms with Crippen molar-refractivity contribution in [3.05, 3.63) is 71.2 Å². The highest BCUT2D eigenvalue weighted by atomic mass is 16.3. The van der Waals surface area contributed by atoms with Crippen molar-refractivity contribution in [2.75, 3.05) is 0 Å². The number of rotatable bonds is 3. The Morgan fingerprint density at radius 1 is 1.12 bits per heavy atom. The molecule has 0 aliphatic heterocycles. The smallest absolute Gasteiger partial charge is 0.167 e. The van der Waals surface area contributed by atoms with Crippen LogP contribution >= 0.6 is 0 Å². The van der Waals surface area contributed by atoms with Crippen LogP contribution in [0.2, 0.25) is 0 Å². The van der Waals surface area contributed by atoms with Crippen molar-refractivity contribution in [1.82, 2.24) is 0 Å². The van der Waals surface area contributed by atoms with Gasteiger partial charge in [0, 0.05) is 6.42 Å². The van der Waals surface area contributed by atoms with Gasteiger partial charge in [0.2, 0.25) is 0 Å². The molecule has 3 rings (SSSR count). The molecule has 1 aliphatic carbocycles. The minimum Gasteiger partial charge on any atom is -0.506 e. The first-order chi connectivity index (χ1) is 11.7. The van der Waals surface area contributed by atoms with Crippen LogP contribution < -0.4 is 0 Å². The molecule has 1 N–H and O–H groups in total. The normalized spacial score (nSPS) is 18.3. The summed E-state index contributed by atoms with van der Waals surface area (Å²) in [5.41, 5.74) is 4.07. The molecular weight excluding hydrogens is 300 g/mol. The molecule has 1 aliphatic rings. The second kappa shape index (κ2) is 7.35. The van der Waals surface area contributed by atoms with E-state index in [1.807, 2.05) is 30.3 Å². The summed E-state index contributed by atoms with van der Waals surface area (Å²) >= 11 is 0. The Morgan fingerprint density at radius 2 is 1.88 bits per heavy atom. The fourth-order valence-electron chi connectivity index (χ4n) is 3.29. The summed E-state index contributed by atoms with van der Waals surface area (Å²) in [7, 11) is 0. The van der Waals surface area contributed by atoms with E-state index >= 15 is 0 Å². The lowest BCUT2D eigenvalue weighted by atomic mass is 9.82. The molecular formula is C21H22O3. The zero-order valence-electron chi connectivity index (χ0n) is 13.9. The van der Waals surface area contributed by atoms with Crippen molar-refractivity contribution in [3.8, 4) is 0 Å². The number of ketones is 1. The van der Waals surface area contributed by atoms with Crippen molar-refractivity contribution in [3.63, 3.8) is 0 Å². The number of aliphatic hydroxyl groups excluding tert-OH is 1. The minimum absolute atomic E-state index is 0.00166. The molecule has 0 unspecified atom stereocenters. The lowest BCUT2D eigenvalue weighted by Gasteiger charge is -2.21. The second-order valence-electron chi connectivity index (χ2n) is 6.06. The molecule has 124 valence electrons. The molecule has 1 heterocycles. The Kier molecular flexibility index (Phi) is 4.99. The van der Waals surface area contributed by atoms with E-state index in [4.69, 9.17) is 4.42 Å². The third kappa shape index (κ3) is 3.21. The molecule has 1 aromatic carbocycles. The van der Waals surface area contributed by atoms with Gasteiger partial charge in [-0.3, -0.25) is 4.79 Å². The van der Waals surface area contributed by atoms with E-state index in [-0.39, 0.29) is 11.5 Å². The van der Waals surface area contributed by atoms with Crippen LogP contribution in [0.25, 0.3) is 11.3 Å². The van der Waals surface area contributed by atoms with Gasteiger partial charge in [-0.2, -0.15) is 0 Å². The van der Waals surface area contributed by atoms with Gasteiger partial charge in [0.05, 0.1) is 17.4 Å². The molecule has 2 aromatic rings. The van der Waals surface area contributed by atoms with Crippen molar-refractivity contribution in [2.45, 2.75) is 39.0 Å². The predicted molar refractivity (Wildman–Crippen MR) is 95.4 cm³/mol. The summed E-state index contributed by atoms with van der Waals surface area (Å²) < 4.78 is 5.09. The molecule has 0 atom stereocenters. The molecule has 3 heteroatoms. The maximum atomic E-state index is 12.9. The summed E-state index contributed by atoms with van der Waals surface area (Å²) in [4.78, 5) is 12.9. The minimum atomic E-state index is -0.00166. The number of allylic oxidation sites excluding steroid dienone is 3. The molecule has 0 saturated heterocycles. The molecule has 0 fully saturated rings. The van der Waals surface area contributed by atoms with Crippen LogP contribution in [0.5, 0.6) is 0 Å². The van der Waals surface area contributed by atoms with Crippen LogP contribution in [0.3, 0.4) is 0 Å². The summed E-state index contributed by atoms with van der Waals surface area (Å²) in [6, 6.07) is 11.6. The maximum Gasteiger partial charge on any atom is 0.167 e. The Balaban J connectivity index is 2.28. The number of Topliss-reactive ketones (excluding diaryl/α,β-unsaturated/α-hetero) is 1. The average molecular weight is 322 g/mol. The number of aliphatic hydroxyl groups is 1. The Morgan fingerprint density at radius 3 is 2.54 bits per heavy atom. The van der Waals surface area contributed by atoms with Crippen molar-refractivity contribution < 1.29 is 14.3 Å². The van der Waals surface area contributed by atoms with Crippen LogP contribution in [-0.4, -0.2) is 10.9 Å². The van der Waals surface area contributed by atoms with E-state index in [9.17, 15) is 9.90 Å². The van der Waals surface area contributed by atoms with Crippen molar-refractivity contribution in [2.24, 2.45) is 0 Å². The van der Waals surface area contributed by atoms with Crippen LogP contribution in [0.15, 0.2) is 64.5 Å². The third-order valence-electron chi connectivity index (χ3n) is 4.54. The molecule has 0 bridgehead atoms. The first-order valence-electron chi connectivity index (χ1n) is 8.49. The highest BCUT2D eigenvalue weighted by molar-refractivity contribution is 6.15. The fourth-order valence-corrected chi connectivity index (χ4v) is 3.29. The van der Waals surface area contributed by atoms with E-state index < -0.39 is 0 Å². The molecule has 1 aromatic heterocycles. The van der Waals surface area contributed by atoms with E-state index in [1.165, 1.54) is 18.1 Å². The van der Waals surface area contributed by atoms with Crippen LogP contribution in [-0.2, 0) is 4.79 Å². The largest absolute Gasteiger partial charge is 0.506 e. The quantitative estimate of drug-likeness (QED) is 0.595. The van der Waals surface area contributed by atoms with Gasteiger partial charge in [-0.1, -0.05) is 42.8 Å². The van der Waals surface area contributed by atoms with E-state index in [0.29, 0.717) is 17.6 Å². The van der Waals surface area contributed by atoms with Gasteiger partial charge < -0.3 is 9.52 Å². The summed E-state index contributed by atoms with van der Waals surface area (Å²) in [6.07, 6.45) is 7.12. The molecule has 0 amide bonds. The van der Waals surface area contributed by atoms with Gasteiger partial charge in [0.15, 0.2) is 5.78 Å². The first kappa shape index (κ1) is 16.3.